The molecule has 0 unspecified atom stereocenters. The largest absolute Gasteiger partial charge is 0.489 e. The highest BCUT2D eigenvalue weighted by molar-refractivity contribution is 5.90. The van der Waals surface area contributed by atoms with Crippen molar-refractivity contribution in [3.8, 4) is 11.8 Å². The Kier molecular flexibility index (Phi) is 7.19. The normalized spacial score (nSPS) is 11.6. The van der Waals surface area contributed by atoms with Gasteiger partial charge < -0.3 is 20.1 Å². The number of benzene rings is 2. The van der Waals surface area contributed by atoms with Gasteiger partial charge in [-0.15, -0.1) is 0 Å². The summed E-state index contributed by atoms with van der Waals surface area (Å²) in [5.74, 6) is 0.234. The van der Waals surface area contributed by atoms with Crippen LogP contribution in [0.15, 0.2) is 61.1 Å². The molecule has 3 N–H and O–H groups in total. The lowest BCUT2D eigenvalue weighted by Crippen LogP contribution is -2.15. The molecule has 1 heterocycles. The number of amides is 1. The molecule has 0 aliphatic rings. The number of hydrogen-bond acceptors (Lipinski definition) is 5. The Morgan fingerprint density at radius 1 is 1.23 bits per heavy atom. The summed E-state index contributed by atoms with van der Waals surface area (Å²) in [5.41, 5.74) is 8.08. The molecule has 0 radical (unpaired) electrons. The van der Waals surface area contributed by atoms with Gasteiger partial charge in [-0.25, -0.2) is 4.98 Å². The molecule has 1 amide bonds. The van der Waals surface area contributed by atoms with E-state index < -0.39 is 12.0 Å². The Bertz CT molecular complexity index is 1020. The predicted molar refractivity (Wildman–Crippen MR) is 112 cm³/mol. The number of aliphatic hydroxyl groups is 1. The van der Waals surface area contributed by atoms with Crippen LogP contribution in [0.5, 0.6) is 5.75 Å². The molecule has 0 saturated heterocycles. The molecule has 7 heteroatoms. The predicted octanol–water partition coefficient (Wildman–Crippen LogP) is 2.82. The topological polar surface area (TPSA) is 114 Å². The number of ether oxygens (including phenoxy) is 1. The molecule has 7 nitrogen and oxygen atoms in total. The number of nitrogens with zero attached hydrogens (tertiary/aromatic N) is 3. The van der Waals surface area contributed by atoms with Crippen LogP contribution in [-0.2, 0) is 19.6 Å². The van der Waals surface area contributed by atoms with Gasteiger partial charge in [0.25, 0.3) is 5.91 Å². The molecular formula is C23H24N4O3. The summed E-state index contributed by atoms with van der Waals surface area (Å²) in [6.45, 7) is 0.783. The van der Waals surface area contributed by atoms with Crippen LogP contribution < -0.4 is 10.5 Å². The second-order valence-corrected chi connectivity index (χ2v) is 7.07. The second-order valence-electron chi connectivity index (χ2n) is 7.07. The fourth-order valence-electron chi connectivity index (χ4n) is 3.14. The van der Waals surface area contributed by atoms with Crippen LogP contribution >= 0.6 is 0 Å². The number of para-hydroxylation sites is 1. The van der Waals surface area contributed by atoms with E-state index in [-0.39, 0.29) is 5.69 Å². The van der Waals surface area contributed by atoms with E-state index in [4.69, 9.17) is 15.7 Å². The fourth-order valence-corrected chi connectivity index (χ4v) is 3.14. The number of carbonyl (C=O) groups excluding carboxylic acids is 1. The molecule has 1 aromatic heterocycles. The first-order valence-corrected chi connectivity index (χ1v) is 9.74. The lowest BCUT2D eigenvalue weighted by molar-refractivity contribution is 0.0995. The molecule has 30 heavy (non-hydrogen) atoms. The number of rotatable bonds is 10. The minimum absolute atomic E-state index is 0.190. The second kappa shape index (κ2) is 10.2. The van der Waals surface area contributed by atoms with Gasteiger partial charge in [-0.1, -0.05) is 30.3 Å². The van der Waals surface area contributed by atoms with Gasteiger partial charge in [-0.05, 0) is 48.6 Å². The Morgan fingerprint density at radius 3 is 2.70 bits per heavy atom. The standard InChI is InChI=1S/C23H24N4O3/c24-12-17-8-10-18(11-9-17)15-30-22-7-2-1-4-19(22)5-3-6-20(28)13-27-14-21(23(25)29)26-16-27/h1-2,4,7-11,14,16,20,28H,3,5-6,13,15H2,(H2,25,29)/t20-/m0/s1. The highest BCUT2D eigenvalue weighted by atomic mass is 16.5. The summed E-state index contributed by atoms with van der Waals surface area (Å²) < 4.78 is 7.64. The third-order valence-corrected chi connectivity index (χ3v) is 4.74. The van der Waals surface area contributed by atoms with Gasteiger partial charge >= 0.3 is 0 Å². The van der Waals surface area contributed by atoms with Gasteiger partial charge in [-0.2, -0.15) is 5.26 Å². The van der Waals surface area contributed by atoms with Crippen molar-refractivity contribution < 1.29 is 14.6 Å². The van der Waals surface area contributed by atoms with Crippen molar-refractivity contribution in [3.05, 3.63) is 83.4 Å². The van der Waals surface area contributed by atoms with Crippen molar-refractivity contribution in [1.29, 1.82) is 5.26 Å². The van der Waals surface area contributed by atoms with E-state index >= 15 is 0 Å². The summed E-state index contributed by atoms with van der Waals surface area (Å²) in [4.78, 5) is 15.0. The number of aliphatic hydroxyl groups excluding tert-OH is 1. The van der Waals surface area contributed by atoms with Gasteiger partial charge in [0.05, 0.1) is 24.1 Å². The number of primary amides is 1. The minimum atomic E-state index is -0.583. The third kappa shape index (κ3) is 5.93. The molecule has 154 valence electrons. The molecule has 3 rings (SSSR count). The Hall–Kier alpha value is -3.63. The molecule has 0 aliphatic heterocycles. The maximum atomic E-state index is 11.1. The van der Waals surface area contributed by atoms with E-state index in [9.17, 15) is 9.90 Å². The maximum absolute atomic E-state index is 11.1. The molecule has 0 spiro atoms. The number of hydrogen-bond donors (Lipinski definition) is 2. The first-order valence-electron chi connectivity index (χ1n) is 9.74. The van der Waals surface area contributed by atoms with Crippen LogP contribution in [0.25, 0.3) is 0 Å². The lowest BCUT2D eigenvalue weighted by atomic mass is 10.0. The summed E-state index contributed by atoms with van der Waals surface area (Å²) in [7, 11) is 0. The van der Waals surface area contributed by atoms with Gasteiger partial charge in [0.2, 0.25) is 0 Å². The fraction of sp³-hybridized carbons (Fsp3) is 0.261. The molecule has 0 aliphatic carbocycles. The number of imidazole rings is 1. The van der Waals surface area contributed by atoms with E-state index in [0.29, 0.717) is 25.1 Å². The van der Waals surface area contributed by atoms with Crippen molar-refractivity contribution in [2.45, 2.75) is 38.5 Å². The Morgan fingerprint density at radius 2 is 2.00 bits per heavy atom. The summed E-state index contributed by atoms with van der Waals surface area (Å²) in [5, 5.41) is 19.2. The number of nitriles is 1. The van der Waals surface area contributed by atoms with Crippen molar-refractivity contribution in [2.75, 3.05) is 0 Å². The van der Waals surface area contributed by atoms with Gasteiger partial charge in [-0.3, -0.25) is 4.79 Å². The van der Waals surface area contributed by atoms with Crippen molar-refractivity contribution in [1.82, 2.24) is 9.55 Å². The number of nitrogens with two attached hydrogens (primary N) is 1. The molecule has 0 fully saturated rings. The van der Waals surface area contributed by atoms with Crippen LogP contribution in [-0.4, -0.2) is 26.7 Å². The zero-order chi connectivity index (χ0) is 21.3. The molecule has 0 bridgehead atoms. The highest BCUT2D eigenvalue weighted by Crippen LogP contribution is 2.22. The van der Waals surface area contributed by atoms with E-state index in [1.54, 1.807) is 16.7 Å². The maximum Gasteiger partial charge on any atom is 0.268 e. The number of aromatic nitrogens is 2. The van der Waals surface area contributed by atoms with Crippen LogP contribution in [0, 0.1) is 11.3 Å². The molecule has 2 aromatic carbocycles. The summed E-state index contributed by atoms with van der Waals surface area (Å²) >= 11 is 0. The Balaban J connectivity index is 1.49. The number of carbonyl (C=O) groups is 1. The van der Waals surface area contributed by atoms with Crippen LogP contribution in [0.3, 0.4) is 0 Å². The van der Waals surface area contributed by atoms with E-state index in [0.717, 1.165) is 29.7 Å². The van der Waals surface area contributed by atoms with Crippen molar-refractivity contribution in [3.63, 3.8) is 0 Å². The minimum Gasteiger partial charge on any atom is -0.489 e. The molecule has 3 aromatic rings. The number of aryl methyl sites for hydroxylation is 1. The SMILES string of the molecule is N#Cc1ccc(COc2ccccc2CCC[C@H](O)Cn2cnc(C(N)=O)c2)cc1. The van der Waals surface area contributed by atoms with E-state index in [1.807, 2.05) is 36.4 Å². The van der Waals surface area contributed by atoms with E-state index in [1.165, 1.54) is 12.5 Å². The highest BCUT2D eigenvalue weighted by Gasteiger charge is 2.10. The average Bonchev–Trinajstić information content (AvgIpc) is 3.22. The first-order chi connectivity index (χ1) is 14.5. The van der Waals surface area contributed by atoms with Crippen molar-refractivity contribution >= 4 is 5.91 Å². The summed E-state index contributed by atoms with van der Waals surface area (Å²) in [6.07, 6.45) is 4.65. The summed E-state index contributed by atoms with van der Waals surface area (Å²) in [6, 6.07) is 17.3. The van der Waals surface area contributed by atoms with Gasteiger partial charge in [0, 0.05) is 12.7 Å². The van der Waals surface area contributed by atoms with Gasteiger partial charge in [0.1, 0.15) is 18.1 Å². The van der Waals surface area contributed by atoms with Gasteiger partial charge in [0.15, 0.2) is 0 Å². The lowest BCUT2D eigenvalue weighted by Gasteiger charge is -2.14. The van der Waals surface area contributed by atoms with Crippen molar-refractivity contribution in [2.24, 2.45) is 5.73 Å². The van der Waals surface area contributed by atoms with Crippen LogP contribution in [0.4, 0.5) is 0 Å². The van der Waals surface area contributed by atoms with Crippen LogP contribution in [0.1, 0.15) is 40.0 Å². The average molecular weight is 404 g/mol. The molecule has 0 saturated carbocycles. The van der Waals surface area contributed by atoms with E-state index in [2.05, 4.69) is 11.1 Å². The quantitative estimate of drug-likeness (QED) is 0.539. The Labute approximate surface area is 175 Å². The molecule has 1 atom stereocenters. The first kappa shape index (κ1) is 21.1. The monoisotopic (exact) mass is 404 g/mol. The smallest absolute Gasteiger partial charge is 0.268 e. The molecular weight excluding hydrogens is 380 g/mol. The third-order valence-electron chi connectivity index (χ3n) is 4.74. The zero-order valence-electron chi connectivity index (χ0n) is 16.6. The zero-order valence-corrected chi connectivity index (χ0v) is 16.6. The van der Waals surface area contributed by atoms with Crippen LogP contribution in [0.2, 0.25) is 0 Å².